The average Bonchev–Trinajstić information content (AvgIpc) is 2.56. The third-order valence-electron chi connectivity index (χ3n) is 2.37. The highest BCUT2D eigenvalue weighted by Crippen LogP contribution is 2.29. The van der Waals surface area contributed by atoms with Crippen LogP contribution in [-0.4, -0.2) is 11.6 Å². The zero-order valence-corrected chi connectivity index (χ0v) is 8.56. The lowest BCUT2D eigenvalue weighted by Gasteiger charge is -2.04. The highest BCUT2D eigenvalue weighted by molar-refractivity contribution is 5.86. The Bertz CT molecular complexity index is 507. The van der Waals surface area contributed by atoms with Gasteiger partial charge in [-0.25, -0.2) is 4.39 Å². The number of halogens is 3. The van der Waals surface area contributed by atoms with Gasteiger partial charge in [0, 0.05) is 5.39 Å². The van der Waals surface area contributed by atoms with Crippen molar-refractivity contribution >= 4 is 10.9 Å². The molecule has 0 unspecified atom stereocenters. The first-order chi connectivity index (χ1) is 7.63. The Balaban J connectivity index is 2.59. The molecule has 2 rings (SSSR count). The van der Waals surface area contributed by atoms with E-state index in [0.29, 0.717) is 12.1 Å². The summed E-state index contributed by atoms with van der Waals surface area (Å²) in [5.41, 5.74) is 0.664. The third kappa shape index (κ3) is 1.73. The van der Waals surface area contributed by atoms with E-state index in [1.165, 1.54) is 18.2 Å². The summed E-state index contributed by atoms with van der Waals surface area (Å²) in [5, 5.41) is 0.273. The van der Waals surface area contributed by atoms with Crippen LogP contribution < -0.4 is 4.74 Å². The molecule has 2 nitrogen and oxygen atoms in total. The van der Waals surface area contributed by atoms with Crippen LogP contribution in [0.2, 0.25) is 0 Å². The number of fused-ring (bicyclic) bond motifs is 1. The highest BCUT2D eigenvalue weighted by Gasteiger charge is 2.15. The summed E-state index contributed by atoms with van der Waals surface area (Å²) in [6.45, 7) is -1.14. The van der Waals surface area contributed by atoms with Gasteiger partial charge in [0.1, 0.15) is 5.75 Å². The lowest BCUT2D eigenvalue weighted by atomic mass is 10.2. The number of rotatable bonds is 3. The van der Waals surface area contributed by atoms with Gasteiger partial charge >= 0.3 is 6.61 Å². The molecule has 2 aromatic rings. The second kappa shape index (κ2) is 4.08. The van der Waals surface area contributed by atoms with Crippen LogP contribution in [0.5, 0.6) is 5.75 Å². The van der Waals surface area contributed by atoms with Crippen molar-refractivity contribution in [3.05, 3.63) is 29.7 Å². The molecule has 0 amide bonds. The van der Waals surface area contributed by atoms with Crippen LogP contribution in [0.1, 0.15) is 12.6 Å². The Hall–Kier alpha value is -1.65. The molecule has 5 heteroatoms. The zero-order valence-electron chi connectivity index (χ0n) is 8.56. The molecule has 86 valence electrons. The second-order valence-corrected chi connectivity index (χ2v) is 3.33. The Morgan fingerprint density at radius 2 is 2.12 bits per heavy atom. The van der Waals surface area contributed by atoms with Crippen molar-refractivity contribution in [2.45, 2.75) is 20.0 Å². The van der Waals surface area contributed by atoms with Gasteiger partial charge in [-0.15, -0.1) is 0 Å². The van der Waals surface area contributed by atoms with Gasteiger partial charge in [-0.3, -0.25) is 0 Å². The van der Waals surface area contributed by atoms with E-state index in [1.54, 1.807) is 6.92 Å². The predicted molar refractivity (Wildman–Crippen MR) is 54.3 cm³/mol. The molecule has 0 aliphatic heterocycles. The standard InChI is InChI=1S/C11H10F3NO/c1-2-7-9(12)6-4-3-5-8(10(6)15-7)16-11(13)14/h3-5,11,15H,2H2,1H3. The fourth-order valence-electron chi connectivity index (χ4n) is 1.65. The van der Waals surface area contributed by atoms with Gasteiger partial charge < -0.3 is 9.72 Å². The number of hydrogen-bond donors (Lipinski definition) is 1. The molecule has 0 aliphatic carbocycles. The van der Waals surface area contributed by atoms with Crippen LogP contribution in [0.25, 0.3) is 10.9 Å². The number of para-hydroxylation sites is 1. The molecular weight excluding hydrogens is 219 g/mol. The van der Waals surface area contributed by atoms with Crippen LogP contribution in [0, 0.1) is 5.82 Å². The number of ether oxygens (including phenoxy) is 1. The molecule has 0 fully saturated rings. The SMILES string of the molecule is CCc1[nH]c2c(OC(F)F)cccc2c1F. The molecule has 1 aromatic carbocycles. The number of aromatic amines is 1. The van der Waals surface area contributed by atoms with E-state index < -0.39 is 12.4 Å². The molecule has 0 aliphatic rings. The number of alkyl halides is 2. The van der Waals surface area contributed by atoms with E-state index >= 15 is 0 Å². The van der Waals surface area contributed by atoms with E-state index in [1.807, 2.05) is 0 Å². The molecule has 16 heavy (non-hydrogen) atoms. The Kier molecular flexibility index (Phi) is 2.77. The molecule has 0 saturated carbocycles. The summed E-state index contributed by atoms with van der Waals surface area (Å²) in [7, 11) is 0. The van der Waals surface area contributed by atoms with Crippen molar-refractivity contribution in [3.63, 3.8) is 0 Å². The van der Waals surface area contributed by atoms with Crippen molar-refractivity contribution in [2.75, 3.05) is 0 Å². The van der Waals surface area contributed by atoms with E-state index in [0.717, 1.165) is 0 Å². The highest BCUT2D eigenvalue weighted by atomic mass is 19.3. The Labute approximate surface area is 90.0 Å². The minimum atomic E-state index is -2.91. The maximum absolute atomic E-state index is 13.7. The minimum Gasteiger partial charge on any atom is -0.433 e. The maximum Gasteiger partial charge on any atom is 0.387 e. The summed E-state index contributed by atoms with van der Waals surface area (Å²) < 4.78 is 42.2. The molecule has 1 N–H and O–H groups in total. The van der Waals surface area contributed by atoms with Gasteiger partial charge in [0.2, 0.25) is 0 Å². The monoisotopic (exact) mass is 229 g/mol. The number of aromatic nitrogens is 1. The molecule has 1 heterocycles. The van der Waals surface area contributed by atoms with Gasteiger partial charge in [-0.2, -0.15) is 8.78 Å². The fraction of sp³-hybridized carbons (Fsp3) is 0.273. The second-order valence-electron chi connectivity index (χ2n) is 3.33. The molecule has 0 atom stereocenters. The first-order valence-corrected chi connectivity index (χ1v) is 4.87. The molecule has 0 saturated heterocycles. The fourth-order valence-corrected chi connectivity index (χ4v) is 1.65. The Morgan fingerprint density at radius 3 is 2.75 bits per heavy atom. The summed E-state index contributed by atoms with van der Waals surface area (Å²) >= 11 is 0. The predicted octanol–water partition coefficient (Wildman–Crippen LogP) is 3.47. The molecule has 1 aromatic heterocycles. The Morgan fingerprint density at radius 1 is 1.38 bits per heavy atom. The van der Waals surface area contributed by atoms with Crippen molar-refractivity contribution in [1.29, 1.82) is 0 Å². The van der Waals surface area contributed by atoms with Gasteiger partial charge in [0.05, 0.1) is 11.2 Å². The van der Waals surface area contributed by atoms with E-state index in [9.17, 15) is 13.2 Å². The molecule has 0 spiro atoms. The van der Waals surface area contributed by atoms with Crippen LogP contribution in [0.3, 0.4) is 0 Å². The number of nitrogens with one attached hydrogen (secondary N) is 1. The quantitative estimate of drug-likeness (QED) is 0.856. The van der Waals surface area contributed by atoms with Crippen LogP contribution in [0.15, 0.2) is 18.2 Å². The van der Waals surface area contributed by atoms with E-state index in [4.69, 9.17) is 0 Å². The number of benzene rings is 1. The third-order valence-corrected chi connectivity index (χ3v) is 2.37. The molecule has 0 bridgehead atoms. The number of aryl methyl sites for hydroxylation is 1. The lowest BCUT2D eigenvalue weighted by Crippen LogP contribution is -2.02. The smallest absolute Gasteiger partial charge is 0.387 e. The van der Waals surface area contributed by atoms with Crippen molar-refractivity contribution in [2.24, 2.45) is 0 Å². The summed E-state index contributed by atoms with van der Waals surface area (Å²) in [6.07, 6.45) is 0.467. The normalized spacial score (nSPS) is 11.3. The average molecular weight is 229 g/mol. The summed E-state index contributed by atoms with van der Waals surface area (Å²) in [5.74, 6) is -0.441. The first kappa shape index (κ1) is 10.9. The number of hydrogen-bond acceptors (Lipinski definition) is 1. The van der Waals surface area contributed by atoms with Crippen LogP contribution >= 0.6 is 0 Å². The van der Waals surface area contributed by atoms with E-state index in [2.05, 4.69) is 9.72 Å². The maximum atomic E-state index is 13.7. The topological polar surface area (TPSA) is 25.0 Å². The van der Waals surface area contributed by atoms with Crippen LogP contribution in [0.4, 0.5) is 13.2 Å². The summed E-state index contributed by atoms with van der Waals surface area (Å²) in [6, 6.07) is 4.39. The zero-order chi connectivity index (χ0) is 11.7. The van der Waals surface area contributed by atoms with Crippen molar-refractivity contribution in [1.82, 2.24) is 4.98 Å². The minimum absolute atomic E-state index is 0.0360. The van der Waals surface area contributed by atoms with Crippen LogP contribution in [-0.2, 0) is 6.42 Å². The molecular formula is C11H10F3NO. The summed E-state index contributed by atoms with van der Waals surface area (Å²) in [4.78, 5) is 2.75. The van der Waals surface area contributed by atoms with Gasteiger partial charge in [0.25, 0.3) is 0 Å². The lowest BCUT2D eigenvalue weighted by molar-refractivity contribution is -0.0489. The first-order valence-electron chi connectivity index (χ1n) is 4.87. The molecule has 0 radical (unpaired) electrons. The van der Waals surface area contributed by atoms with E-state index in [-0.39, 0.29) is 16.7 Å². The van der Waals surface area contributed by atoms with Gasteiger partial charge in [-0.05, 0) is 18.6 Å². The van der Waals surface area contributed by atoms with Gasteiger partial charge in [0.15, 0.2) is 5.82 Å². The largest absolute Gasteiger partial charge is 0.433 e. The van der Waals surface area contributed by atoms with Gasteiger partial charge in [-0.1, -0.05) is 13.0 Å². The van der Waals surface area contributed by atoms with Crippen molar-refractivity contribution in [3.8, 4) is 5.75 Å². The van der Waals surface area contributed by atoms with Crippen molar-refractivity contribution < 1.29 is 17.9 Å². The number of H-pyrrole nitrogens is 1.